The number of unbranched alkanes of at least 4 members (excludes halogenated alkanes) is 26. The van der Waals surface area contributed by atoms with Crippen molar-refractivity contribution in [1.29, 1.82) is 0 Å². The second-order valence-electron chi connectivity index (χ2n) is 12.5. The Morgan fingerprint density at radius 1 is 0.476 bits per heavy atom. The molecule has 0 spiro atoms. The first-order valence-electron chi connectivity index (χ1n) is 18.0. The Morgan fingerprint density at radius 3 is 1.07 bits per heavy atom. The van der Waals surface area contributed by atoms with Crippen LogP contribution in [-0.2, 0) is 14.4 Å². The van der Waals surface area contributed by atoms with Crippen LogP contribution >= 0.6 is 11.8 Å². The zero-order chi connectivity index (χ0) is 30.9. The topological polar surface area (TPSA) is 91.7 Å². The van der Waals surface area contributed by atoms with Crippen molar-refractivity contribution in [2.75, 3.05) is 11.5 Å². The van der Waals surface area contributed by atoms with Gasteiger partial charge >= 0.3 is 11.9 Å². The average molecular weight is 613 g/mol. The second-order valence-corrected chi connectivity index (χ2v) is 13.7. The summed E-state index contributed by atoms with van der Waals surface area (Å²) in [6, 6.07) is 0. The maximum Gasteiger partial charge on any atom is 0.314 e. The number of carbonyl (C=O) groups is 3. The van der Waals surface area contributed by atoms with Crippen LogP contribution in [-0.4, -0.2) is 39.4 Å². The molecule has 0 amide bonds. The molecule has 0 aliphatic carbocycles. The Morgan fingerprint density at radius 2 is 0.786 bits per heavy atom. The number of rotatable bonds is 35. The highest BCUT2D eigenvalue weighted by atomic mass is 32.2. The summed E-state index contributed by atoms with van der Waals surface area (Å²) < 4.78 is 0. The van der Waals surface area contributed by atoms with Crippen molar-refractivity contribution in [2.24, 2.45) is 5.92 Å². The van der Waals surface area contributed by atoms with Gasteiger partial charge in [-0.05, 0) is 6.42 Å². The molecule has 1 unspecified atom stereocenters. The van der Waals surface area contributed by atoms with Gasteiger partial charge in [-0.1, -0.05) is 174 Å². The maximum absolute atomic E-state index is 12.2. The molecule has 0 aliphatic heterocycles. The predicted molar refractivity (Wildman–Crippen MR) is 181 cm³/mol. The number of carbonyl (C=O) groups excluding carboxylic acids is 1. The lowest BCUT2D eigenvalue weighted by molar-refractivity contribution is -0.145. The minimum absolute atomic E-state index is 0.00914. The van der Waals surface area contributed by atoms with Gasteiger partial charge in [0, 0.05) is 17.9 Å². The third-order valence-electron chi connectivity index (χ3n) is 8.46. The molecule has 0 rings (SSSR count). The van der Waals surface area contributed by atoms with Crippen molar-refractivity contribution in [3.8, 4) is 0 Å². The van der Waals surface area contributed by atoms with E-state index in [4.69, 9.17) is 5.11 Å². The Labute approximate surface area is 264 Å². The van der Waals surface area contributed by atoms with Crippen molar-refractivity contribution in [2.45, 2.75) is 193 Å². The second kappa shape index (κ2) is 32.9. The molecule has 42 heavy (non-hydrogen) atoms. The van der Waals surface area contributed by atoms with Gasteiger partial charge in [-0.2, -0.15) is 11.8 Å². The molecule has 0 bridgehead atoms. The standard InChI is InChI=1S/C36H68O5S/c1-2-3-4-5-6-7-8-9-10-11-12-13-14-15-16-17-18-19-20-21-22-23-24-25-26-27-28-29-34(37)33(36(40)41)32-42-31-30-35(38)39/h33H,2-32H2,1H3,(H,38,39)(H,40,41). The molecule has 0 aromatic heterocycles. The van der Waals surface area contributed by atoms with Gasteiger partial charge in [0.25, 0.3) is 0 Å². The molecule has 5 nitrogen and oxygen atoms in total. The van der Waals surface area contributed by atoms with E-state index in [1.807, 2.05) is 0 Å². The van der Waals surface area contributed by atoms with Crippen molar-refractivity contribution < 1.29 is 24.6 Å². The molecule has 0 aliphatic rings. The van der Waals surface area contributed by atoms with E-state index >= 15 is 0 Å². The highest BCUT2D eigenvalue weighted by molar-refractivity contribution is 7.99. The molecule has 0 aromatic rings. The van der Waals surface area contributed by atoms with Gasteiger partial charge in [0.15, 0.2) is 0 Å². The van der Waals surface area contributed by atoms with Gasteiger partial charge in [-0.3, -0.25) is 14.4 Å². The summed E-state index contributed by atoms with van der Waals surface area (Å²) in [4.78, 5) is 34.2. The van der Waals surface area contributed by atoms with E-state index in [0.29, 0.717) is 12.2 Å². The molecule has 0 saturated heterocycles. The molecule has 0 aromatic carbocycles. The van der Waals surface area contributed by atoms with Crippen molar-refractivity contribution in [1.82, 2.24) is 0 Å². The Balaban J connectivity index is 3.31. The van der Waals surface area contributed by atoms with E-state index in [2.05, 4.69) is 6.92 Å². The molecule has 0 fully saturated rings. The molecule has 1 atom stereocenters. The monoisotopic (exact) mass is 612 g/mol. The Kier molecular flexibility index (Phi) is 32.1. The van der Waals surface area contributed by atoms with Gasteiger partial charge < -0.3 is 10.2 Å². The Bertz CT molecular complexity index is 624. The first-order chi connectivity index (χ1) is 20.5. The smallest absolute Gasteiger partial charge is 0.314 e. The van der Waals surface area contributed by atoms with E-state index in [1.165, 1.54) is 166 Å². The molecule has 0 saturated carbocycles. The van der Waals surface area contributed by atoms with Gasteiger partial charge in [-0.25, -0.2) is 0 Å². The number of ketones is 1. The Hall–Kier alpha value is -1.04. The normalized spacial score (nSPS) is 12.0. The number of carboxylic acids is 2. The lowest BCUT2D eigenvalue weighted by atomic mass is 9.99. The van der Waals surface area contributed by atoms with E-state index in [0.717, 1.165) is 19.3 Å². The predicted octanol–water partition coefficient (Wildman–Crippen LogP) is 11.4. The van der Waals surface area contributed by atoms with Crippen molar-refractivity contribution >= 4 is 29.5 Å². The fourth-order valence-electron chi connectivity index (χ4n) is 5.63. The van der Waals surface area contributed by atoms with Crippen LogP contribution in [0.1, 0.15) is 193 Å². The number of hydrogen-bond acceptors (Lipinski definition) is 4. The zero-order valence-corrected chi connectivity index (χ0v) is 28.3. The third kappa shape index (κ3) is 30.4. The van der Waals surface area contributed by atoms with E-state index < -0.39 is 17.9 Å². The number of Topliss-reactive ketones (excluding diaryl/α,β-unsaturated/α-hetero) is 1. The minimum Gasteiger partial charge on any atom is -0.481 e. The fraction of sp³-hybridized carbons (Fsp3) is 0.917. The molecule has 0 heterocycles. The summed E-state index contributed by atoms with van der Waals surface area (Å²) in [7, 11) is 0. The summed E-state index contributed by atoms with van der Waals surface area (Å²) in [5.41, 5.74) is 0. The zero-order valence-electron chi connectivity index (χ0n) is 27.5. The molecule has 248 valence electrons. The van der Waals surface area contributed by atoms with E-state index in [9.17, 15) is 19.5 Å². The van der Waals surface area contributed by atoms with Gasteiger partial charge in [0.2, 0.25) is 0 Å². The number of hydrogen-bond donors (Lipinski definition) is 2. The van der Waals surface area contributed by atoms with E-state index in [-0.39, 0.29) is 18.0 Å². The fourth-order valence-corrected chi connectivity index (χ4v) is 6.68. The van der Waals surface area contributed by atoms with Crippen LogP contribution < -0.4 is 0 Å². The molecule has 2 N–H and O–H groups in total. The highest BCUT2D eigenvalue weighted by Gasteiger charge is 2.25. The maximum atomic E-state index is 12.2. The van der Waals surface area contributed by atoms with Crippen LogP contribution in [0, 0.1) is 5.92 Å². The van der Waals surface area contributed by atoms with Crippen molar-refractivity contribution in [3.05, 3.63) is 0 Å². The highest BCUT2D eigenvalue weighted by Crippen LogP contribution is 2.18. The van der Waals surface area contributed by atoms with Gasteiger partial charge in [0.05, 0.1) is 6.42 Å². The average Bonchev–Trinajstić information content (AvgIpc) is 2.96. The first-order valence-corrected chi connectivity index (χ1v) is 19.2. The SMILES string of the molecule is CCCCCCCCCCCCCCCCCCCCCCCCCCCCCC(=O)C(CSCCC(=O)O)C(=O)O. The van der Waals surface area contributed by atoms with Crippen LogP contribution in [0.5, 0.6) is 0 Å². The minimum atomic E-state index is -1.09. The number of aliphatic carboxylic acids is 2. The van der Waals surface area contributed by atoms with Crippen LogP contribution in [0.15, 0.2) is 0 Å². The van der Waals surface area contributed by atoms with Crippen LogP contribution in [0.3, 0.4) is 0 Å². The summed E-state index contributed by atoms with van der Waals surface area (Å²) in [6.07, 6.45) is 36.7. The summed E-state index contributed by atoms with van der Waals surface area (Å²) >= 11 is 1.23. The quantitative estimate of drug-likeness (QED) is 0.0546. The summed E-state index contributed by atoms with van der Waals surface area (Å²) in [6.45, 7) is 2.29. The molecule has 0 radical (unpaired) electrons. The first kappa shape index (κ1) is 41.0. The lowest BCUT2D eigenvalue weighted by Crippen LogP contribution is -2.26. The van der Waals surface area contributed by atoms with Crippen LogP contribution in [0.2, 0.25) is 0 Å². The van der Waals surface area contributed by atoms with Crippen LogP contribution in [0.25, 0.3) is 0 Å². The van der Waals surface area contributed by atoms with E-state index in [1.54, 1.807) is 0 Å². The number of thioether (sulfide) groups is 1. The molecular weight excluding hydrogens is 544 g/mol. The molecule has 6 heteroatoms. The third-order valence-corrected chi connectivity index (χ3v) is 9.52. The van der Waals surface area contributed by atoms with Crippen molar-refractivity contribution in [3.63, 3.8) is 0 Å². The van der Waals surface area contributed by atoms with Gasteiger partial charge in [-0.15, -0.1) is 0 Å². The lowest BCUT2D eigenvalue weighted by Gasteiger charge is -2.10. The largest absolute Gasteiger partial charge is 0.481 e. The summed E-state index contributed by atoms with van der Waals surface area (Å²) in [5, 5.41) is 18.0. The molecular formula is C36H68O5S. The van der Waals surface area contributed by atoms with Crippen LogP contribution in [0.4, 0.5) is 0 Å². The number of carboxylic acid groups (broad SMARTS) is 2. The summed E-state index contributed by atoms with van der Waals surface area (Å²) in [5.74, 6) is -2.71. The van der Waals surface area contributed by atoms with Gasteiger partial charge in [0.1, 0.15) is 11.7 Å².